The van der Waals surface area contributed by atoms with Gasteiger partial charge in [-0.05, 0) is 25.7 Å². The molecule has 10 heteroatoms. The summed E-state index contributed by atoms with van der Waals surface area (Å²) in [7, 11) is 0. The van der Waals surface area contributed by atoms with E-state index in [1.807, 2.05) is 0 Å². The number of unbranched alkanes of at least 4 members (excludes halogenated alkanes) is 7. The number of carbonyl (C=O) groups excluding carboxylic acids is 3. The van der Waals surface area contributed by atoms with E-state index < -0.39 is 5.97 Å². The molecule has 0 unspecified atom stereocenters. The van der Waals surface area contributed by atoms with E-state index in [1.54, 1.807) is 6.29 Å². The Kier molecular flexibility index (Phi) is 26.0. The van der Waals surface area contributed by atoms with Crippen molar-refractivity contribution in [3.63, 3.8) is 0 Å². The van der Waals surface area contributed by atoms with Crippen LogP contribution in [0.1, 0.15) is 89.9 Å². The quantitative estimate of drug-likeness (QED) is 0.135. The van der Waals surface area contributed by atoms with Crippen molar-refractivity contribution in [2.75, 3.05) is 52.7 Å². The van der Waals surface area contributed by atoms with Crippen molar-refractivity contribution < 1.29 is 38.5 Å². The first kappa shape index (κ1) is 34.0. The van der Waals surface area contributed by atoms with Crippen LogP contribution in [0.4, 0.5) is 0 Å². The van der Waals surface area contributed by atoms with Crippen molar-refractivity contribution in [2.45, 2.75) is 89.9 Å². The predicted molar refractivity (Wildman–Crippen MR) is 136 cm³/mol. The summed E-state index contributed by atoms with van der Waals surface area (Å²) >= 11 is 0. The van der Waals surface area contributed by atoms with Gasteiger partial charge in [-0.1, -0.05) is 38.5 Å². The van der Waals surface area contributed by atoms with Crippen LogP contribution in [0.3, 0.4) is 0 Å². The molecule has 36 heavy (non-hydrogen) atoms. The van der Waals surface area contributed by atoms with Gasteiger partial charge in [-0.15, -0.1) is 0 Å². The number of carboxylic acid groups (broad SMARTS) is 1. The smallest absolute Gasteiger partial charge is 0.303 e. The monoisotopic (exact) mass is 515 g/mol. The molecule has 1 radical (unpaired) electrons. The predicted octanol–water partition coefficient (Wildman–Crippen LogP) is 2.92. The Labute approximate surface area is 216 Å². The molecule has 0 aliphatic rings. The van der Waals surface area contributed by atoms with Gasteiger partial charge in [0.25, 0.3) is 0 Å². The Morgan fingerprint density at radius 3 is 1.44 bits per heavy atom. The van der Waals surface area contributed by atoms with Crippen molar-refractivity contribution in [1.82, 2.24) is 10.6 Å². The molecule has 0 saturated heterocycles. The fourth-order valence-electron chi connectivity index (χ4n) is 3.31. The molecule has 0 heterocycles. The van der Waals surface area contributed by atoms with E-state index in [-0.39, 0.29) is 31.1 Å². The third-order valence-electron chi connectivity index (χ3n) is 5.32. The minimum absolute atomic E-state index is 0.0888. The number of ether oxygens (including phenoxy) is 3. The summed E-state index contributed by atoms with van der Waals surface area (Å²) in [4.78, 5) is 43.6. The molecule has 0 spiro atoms. The number of aliphatic carboxylic acids is 1. The number of hydrogen-bond donors (Lipinski definition) is 3. The Hall–Kier alpha value is -2.04. The summed E-state index contributed by atoms with van der Waals surface area (Å²) in [6, 6.07) is 0. The first-order valence-corrected chi connectivity index (χ1v) is 13.4. The molecule has 0 atom stereocenters. The van der Waals surface area contributed by atoms with Crippen LogP contribution in [-0.4, -0.2) is 81.9 Å². The minimum atomic E-state index is -0.716. The number of nitrogens with one attached hydrogen (secondary N) is 2. The van der Waals surface area contributed by atoms with E-state index in [2.05, 4.69) is 10.6 Å². The van der Waals surface area contributed by atoms with Gasteiger partial charge in [0.05, 0.1) is 26.4 Å². The molecule has 10 nitrogen and oxygen atoms in total. The van der Waals surface area contributed by atoms with Gasteiger partial charge in [0.2, 0.25) is 11.8 Å². The van der Waals surface area contributed by atoms with Crippen LogP contribution in [0.5, 0.6) is 0 Å². The highest BCUT2D eigenvalue weighted by molar-refractivity contribution is 5.78. The van der Waals surface area contributed by atoms with Crippen LogP contribution >= 0.6 is 0 Å². The Morgan fingerprint density at radius 2 is 0.972 bits per heavy atom. The number of amides is 2. The van der Waals surface area contributed by atoms with Crippen LogP contribution in [-0.2, 0) is 33.4 Å². The average Bonchev–Trinajstić information content (AvgIpc) is 2.85. The molecule has 0 aliphatic carbocycles. The largest absolute Gasteiger partial charge is 0.481 e. The Balaban J connectivity index is 3.20. The average molecular weight is 516 g/mol. The van der Waals surface area contributed by atoms with Gasteiger partial charge in [-0.2, -0.15) is 0 Å². The van der Waals surface area contributed by atoms with Gasteiger partial charge in [-0.25, -0.2) is 0 Å². The second-order valence-electron chi connectivity index (χ2n) is 8.61. The van der Waals surface area contributed by atoms with E-state index in [1.165, 1.54) is 0 Å². The van der Waals surface area contributed by atoms with Crippen LogP contribution in [0.2, 0.25) is 0 Å². The van der Waals surface area contributed by atoms with Gasteiger partial charge in [0.1, 0.15) is 0 Å². The highest BCUT2D eigenvalue weighted by atomic mass is 16.5. The van der Waals surface area contributed by atoms with Crippen LogP contribution in [0, 0.1) is 0 Å². The summed E-state index contributed by atoms with van der Waals surface area (Å²) in [5, 5.41) is 14.2. The van der Waals surface area contributed by atoms with Crippen LogP contribution < -0.4 is 10.6 Å². The molecule has 0 aromatic heterocycles. The fourth-order valence-corrected chi connectivity index (χ4v) is 3.31. The maximum absolute atomic E-state index is 11.8. The lowest BCUT2D eigenvalue weighted by Crippen LogP contribution is -2.25. The standard InChI is InChI=1S/C26H47N2O8/c29-17-9-13-25(31)28-16-11-19-35-21-23-36-22-20-34-18-10-15-27-24(30)12-7-5-3-1-2-4-6-8-14-26(32)33/h1-16,18-23H2,(H,27,30)(H,28,31)(H,32,33). The summed E-state index contributed by atoms with van der Waals surface area (Å²) in [6.45, 7) is 4.18. The maximum atomic E-state index is 11.8. The summed E-state index contributed by atoms with van der Waals surface area (Å²) < 4.78 is 16.3. The zero-order chi connectivity index (χ0) is 26.5. The van der Waals surface area contributed by atoms with E-state index in [9.17, 15) is 19.2 Å². The van der Waals surface area contributed by atoms with Crippen molar-refractivity contribution in [2.24, 2.45) is 0 Å². The molecular weight excluding hydrogens is 468 g/mol. The second kappa shape index (κ2) is 27.5. The Morgan fingerprint density at radius 1 is 0.556 bits per heavy atom. The first-order chi connectivity index (χ1) is 17.6. The van der Waals surface area contributed by atoms with Crippen molar-refractivity contribution in [3.8, 4) is 0 Å². The van der Waals surface area contributed by atoms with Gasteiger partial charge in [0, 0.05) is 52.0 Å². The number of hydrogen-bond acceptors (Lipinski definition) is 7. The summed E-state index contributed by atoms with van der Waals surface area (Å²) in [5.41, 5.74) is 0. The van der Waals surface area contributed by atoms with Crippen molar-refractivity contribution in [1.29, 1.82) is 0 Å². The Bertz CT molecular complexity index is 560. The molecule has 3 N–H and O–H groups in total. The molecule has 0 fully saturated rings. The van der Waals surface area contributed by atoms with Gasteiger partial charge in [0.15, 0.2) is 6.29 Å². The van der Waals surface area contributed by atoms with Gasteiger partial charge >= 0.3 is 5.97 Å². The molecule has 0 bridgehead atoms. The number of carboxylic acids is 1. The van der Waals surface area contributed by atoms with E-state index in [4.69, 9.17) is 19.3 Å². The maximum Gasteiger partial charge on any atom is 0.303 e. The molecule has 0 aromatic carbocycles. The lowest BCUT2D eigenvalue weighted by Gasteiger charge is -2.08. The van der Waals surface area contributed by atoms with Crippen LogP contribution in [0.25, 0.3) is 0 Å². The molecular formula is C26H47N2O8. The SMILES string of the molecule is O=[C]CCC(=O)NCCCOCCOCCOCCCNC(=O)CCCCCCCCCCC(=O)O. The highest BCUT2D eigenvalue weighted by Crippen LogP contribution is 2.10. The first-order valence-electron chi connectivity index (χ1n) is 13.4. The minimum Gasteiger partial charge on any atom is -0.481 e. The highest BCUT2D eigenvalue weighted by Gasteiger charge is 2.02. The summed E-state index contributed by atoms with van der Waals surface area (Å²) in [5.74, 6) is -0.775. The van der Waals surface area contributed by atoms with E-state index in [0.29, 0.717) is 65.6 Å². The van der Waals surface area contributed by atoms with Gasteiger partial charge < -0.3 is 30.0 Å². The third kappa shape index (κ3) is 28.2. The molecule has 0 rings (SSSR count). The molecule has 2 amide bonds. The zero-order valence-corrected chi connectivity index (χ0v) is 21.9. The molecule has 0 saturated carbocycles. The van der Waals surface area contributed by atoms with E-state index in [0.717, 1.165) is 57.8 Å². The molecule has 0 aromatic rings. The number of carbonyl (C=O) groups is 3. The fraction of sp³-hybridized carbons (Fsp3) is 0.846. The van der Waals surface area contributed by atoms with Crippen LogP contribution in [0.15, 0.2) is 0 Å². The third-order valence-corrected chi connectivity index (χ3v) is 5.32. The topological polar surface area (TPSA) is 140 Å². The number of rotatable bonds is 28. The van der Waals surface area contributed by atoms with Crippen molar-refractivity contribution in [3.05, 3.63) is 0 Å². The summed E-state index contributed by atoms with van der Waals surface area (Å²) in [6.07, 6.45) is 12.5. The lowest BCUT2D eigenvalue weighted by molar-refractivity contribution is -0.137. The lowest BCUT2D eigenvalue weighted by atomic mass is 10.1. The zero-order valence-electron chi connectivity index (χ0n) is 21.9. The normalized spacial score (nSPS) is 10.8. The van der Waals surface area contributed by atoms with Gasteiger partial charge in [-0.3, -0.25) is 19.2 Å². The van der Waals surface area contributed by atoms with E-state index >= 15 is 0 Å². The van der Waals surface area contributed by atoms with Crippen molar-refractivity contribution >= 4 is 24.1 Å². The molecule has 209 valence electrons. The second-order valence-corrected chi connectivity index (χ2v) is 8.61. The molecule has 0 aliphatic heterocycles.